The van der Waals surface area contributed by atoms with Crippen molar-refractivity contribution in [2.75, 3.05) is 11.9 Å². The van der Waals surface area contributed by atoms with E-state index in [1.807, 2.05) is 0 Å². The maximum absolute atomic E-state index is 13.4. The number of anilines is 1. The summed E-state index contributed by atoms with van der Waals surface area (Å²) in [6, 6.07) is 3.76. The summed E-state index contributed by atoms with van der Waals surface area (Å²) < 4.78 is 14.1. The van der Waals surface area contributed by atoms with Crippen molar-refractivity contribution in [1.29, 1.82) is 0 Å². The molecule has 0 saturated heterocycles. The molecule has 0 aliphatic carbocycles. The lowest BCUT2D eigenvalue weighted by molar-refractivity contribution is -0.119. The molecule has 2 N–H and O–H groups in total. The third-order valence-corrected chi connectivity index (χ3v) is 2.48. The number of carbonyl (C=O) groups is 1. The highest BCUT2D eigenvalue weighted by atomic mass is 79.9. The first-order valence-corrected chi connectivity index (χ1v) is 5.21. The molecule has 1 aromatic rings. The number of nitrogens with zero attached hydrogens (tertiary/aromatic N) is 1. The Bertz CT molecular complexity index is 382. The van der Waals surface area contributed by atoms with Crippen LogP contribution in [0.25, 0.3) is 0 Å². The molecule has 0 spiro atoms. The fourth-order valence-electron chi connectivity index (χ4n) is 1.17. The highest BCUT2D eigenvalue weighted by Gasteiger charge is 2.18. The van der Waals surface area contributed by atoms with Crippen molar-refractivity contribution in [2.24, 2.45) is 5.73 Å². The van der Waals surface area contributed by atoms with Crippen LogP contribution in [0.5, 0.6) is 0 Å². The molecular weight excluding hydrogens is 263 g/mol. The van der Waals surface area contributed by atoms with Crippen LogP contribution in [0.4, 0.5) is 10.1 Å². The van der Waals surface area contributed by atoms with E-state index in [0.29, 0.717) is 4.47 Å². The van der Waals surface area contributed by atoms with Crippen LogP contribution in [-0.4, -0.2) is 19.0 Å². The smallest absolute Gasteiger partial charge is 0.243 e. The summed E-state index contributed by atoms with van der Waals surface area (Å²) >= 11 is 3.21. The number of carbonyl (C=O) groups excluding carboxylic acids is 1. The Labute approximate surface area is 96.2 Å². The van der Waals surface area contributed by atoms with E-state index in [-0.39, 0.29) is 11.6 Å². The van der Waals surface area contributed by atoms with Gasteiger partial charge in [-0.3, -0.25) is 4.79 Å². The Kier molecular flexibility index (Phi) is 3.82. The van der Waals surface area contributed by atoms with Crippen LogP contribution in [0.2, 0.25) is 0 Å². The zero-order chi connectivity index (χ0) is 11.6. The Morgan fingerprint density at radius 3 is 2.73 bits per heavy atom. The van der Waals surface area contributed by atoms with Gasteiger partial charge in [0, 0.05) is 11.5 Å². The normalized spacial score (nSPS) is 12.3. The molecule has 3 nitrogen and oxygen atoms in total. The zero-order valence-electron chi connectivity index (χ0n) is 8.50. The summed E-state index contributed by atoms with van der Waals surface area (Å²) in [4.78, 5) is 12.7. The van der Waals surface area contributed by atoms with E-state index in [1.165, 1.54) is 24.1 Å². The van der Waals surface area contributed by atoms with Crippen molar-refractivity contribution in [3.63, 3.8) is 0 Å². The number of amides is 1. The predicted octanol–water partition coefficient (Wildman–Crippen LogP) is 1.90. The third kappa shape index (κ3) is 2.76. The summed E-state index contributed by atoms with van der Waals surface area (Å²) in [6.07, 6.45) is 0. The Morgan fingerprint density at radius 2 is 2.20 bits per heavy atom. The van der Waals surface area contributed by atoms with Gasteiger partial charge in [-0.05, 0) is 25.1 Å². The van der Waals surface area contributed by atoms with Gasteiger partial charge in [0.1, 0.15) is 5.82 Å². The van der Waals surface area contributed by atoms with Gasteiger partial charge in [-0.1, -0.05) is 15.9 Å². The summed E-state index contributed by atoms with van der Waals surface area (Å²) in [7, 11) is 1.50. The number of hydrogen-bond acceptors (Lipinski definition) is 2. The number of hydrogen-bond donors (Lipinski definition) is 1. The summed E-state index contributed by atoms with van der Waals surface area (Å²) in [5.74, 6) is -0.776. The Morgan fingerprint density at radius 1 is 1.60 bits per heavy atom. The number of halogens is 2. The molecule has 15 heavy (non-hydrogen) atoms. The van der Waals surface area contributed by atoms with Crippen LogP contribution < -0.4 is 10.6 Å². The topological polar surface area (TPSA) is 46.3 Å². The van der Waals surface area contributed by atoms with Crippen LogP contribution >= 0.6 is 15.9 Å². The molecule has 0 aliphatic rings. The zero-order valence-corrected chi connectivity index (χ0v) is 10.1. The van der Waals surface area contributed by atoms with Gasteiger partial charge >= 0.3 is 0 Å². The monoisotopic (exact) mass is 274 g/mol. The summed E-state index contributed by atoms with van der Waals surface area (Å²) in [6.45, 7) is 1.56. The highest BCUT2D eigenvalue weighted by molar-refractivity contribution is 9.10. The van der Waals surface area contributed by atoms with E-state index in [1.54, 1.807) is 13.0 Å². The van der Waals surface area contributed by atoms with E-state index in [2.05, 4.69) is 15.9 Å². The van der Waals surface area contributed by atoms with E-state index in [9.17, 15) is 9.18 Å². The van der Waals surface area contributed by atoms with Crippen molar-refractivity contribution < 1.29 is 9.18 Å². The average Bonchev–Trinajstić information content (AvgIpc) is 2.19. The molecule has 0 fully saturated rings. The van der Waals surface area contributed by atoms with Gasteiger partial charge < -0.3 is 10.6 Å². The summed E-state index contributed by atoms with van der Waals surface area (Å²) in [5.41, 5.74) is 5.65. The van der Waals surface area contributed by atoms with Crippen molar-refractivity contribution in [3.05, 3.63) is 28.5 Å². The van der Waals surface area contributed by atoms with Crippen LogP contribution in [0.15, 0.2) is 22.7 Å². The standard InChI is InChI=1S/C10H12BrFN2O/c1-6(13)10(15)14(2)9-5-7(11)3-4-8(9)12/h3-6H,13H2,1-2H3. The number of rotatable bonds is 2. The molecule has 0 radical (unpaired) electrons. The predicted molar refractivity (Wildman–Crippen MR) is 61.2 cm³/mol. The molecule has 5 heteroatoms. The molecule has 82 valence electrons. The van der Waals surface area contributed by atoms with Crippen molar-refractivity contribution in [1.82, 2.24) is 0 Å². The van der Waals surface area contributed by atoms with Crippen molar-refractivity contribution in [3.8, 4) is 0 Å². The van der Waals surface area contributed by atoms with Crippen LogP contribution in [0.3, 0.4) is 0 Å². The second-order valence-electron chi connectivity index (χ2n) is 3.28. The fourth-order valence-corrected chi connectivity index (χ4v) is 1.52. The number of benzene rings is 1. The third-order valence-electron chi connectivity index (χ3n) is 1.99. The van der Waals surface area contributed by atoms with Gasteiger partial charge in [-0.25, -0.2) is 4.39 Å². The minimum Gasteiger partial charge on any atom is -0.320 e. The number of likely N-dealkylation sites (N-methyl/N-ethyl adjacent to an activating group) is 1. The molecule has 0 saturated carbocycles. The van der Waals surface area contributed by atoms with Crippen LogP contribution in [-0.2, 0) is 4.79 Å². The minimum absolute atomic E-state index is 0.215. The average molecular weight is 275 g/mol. The lowest BCUT2D eigenvalue weighted by atomic mass is 10.2. The van der Waals surface area contributed by atoms with E-state index < -0.39 is 11.9 Å². The maximum Gasteiger partial charge on any atom is 0.243 e. The molecule has 1 amide bonds. The quantitative estimate of drug-likeness (QED) is 0.896. The molecule has 1 rings (SSSR count). The molecule has 0 bridgehead atoms. The molecule has 1 atom stereocenters. The van der Waals surface area contributed by atoms with E-state index in [0.717, 1.165) is 0 Å². The van der Waals surface area contributed by atoms with Crippen LogP contribution in [0.1, 0.15) is 6.92 Å². The molecule has 0 aromatic heterocycles. The van der Waals surface area contributed by atoms with Gasteiger partial charge in [-0.2, -0.15) is 0 Å². The molecule has 1 aromatic carbocycles. The van der Waals surface area contributed by atoms with E-state index in [4.69, 9.17) is 5.73 Å². The Hall–Kier alpha value is -0.940. The van der Waals surface area contributed by atoms with Crippen molar-refractivity contribution in [2.45, 2.75) is 13.0 Å². The summed E-state index contributed by atoms with van der Waals surface area (Å²) in [5, 5.41) is 0. The molecular formula is C10H12BrFN2O. The Balaban J connectivity index is 3.05. The van der Waals surface area contributed by atoms with Crippen LogP contribution in [0, 0.1) is 5.82 Å². The first-order valence-electron chi connectivity index (χ1n) is 4.41. The van der Waals surface area contributed by atoms with Crippen molar-refractivity contribution >= 4 is 27.5 Å². The maximum atomic E-state index is 13.4. The van der Waals surface area contributed by atoms with Gasteiger partial charge in [0.2, 0.25) is 5.91 Å². The largest absolute Gasteiger partial charge is 0.320 e. The first-order chi connectivity index (χ1) is 6.93. The lowest BCUT2D eigenvalue weighted by Crippen LogP contribution is -2.40. The van der Waals surface area contributed by atoms with Gasteiger partial charge in [0.25, 0.3) is 0 Å². The van der Waals surface area contributed by atoms with Gasteiger partial charge in [0.15, 0.2) is 0 Å². The molecule has 0 aliphatic heterocycles. The first kappa shape index (κ1) is 12.1. The van der Waals surface area contributed by atoms with Gasteiger partial charge in [0.05, 0.1) is 11.7 Å². The lowest BCUT2D eigenvalue weighted by Gasteiger charge is -2.20. The second kappa shape index (κ2) is 4.72. The van der Waals surface area contributed by atoms with E-state index >= 15 is 0 Å². The fraction of sp³-hybridized carbons (Fsp3) is 0.300. The highest BCUT2D eigenvalue weighted by Crippen LogP contribution is 2.23. The van der Waals surface area contributed by atoms with Gasteiger partial charge in [-0.15, -0.1) is 0 Å². The molecule has 1 unspecified atom stereocenters. The number of nitrogens with two attached hydrogens (primary N) is 1. The SMILES string of the molecule is CC(N)C(=O)N(C)c1cc(Br)ccc1F. The minimum atomic E-state index is -0.645. The second-order valence-corrected chi connectivity index (χ2v) is 4.20. The molecule has 0 heterocycles.